The molecule has 8 nitrogen and oxygen atoms in total. The van der Waals surface area contributed by atoms with Crippen LogP contribution in [0.3, 0.4) is 0 Å². The molecule has 0 amide bonds. The number of hydrogen-bond acceptors (Lipinski definition) is 7. The minimum Gasteiger partial charge on any atom is -0.383 e. The van der Waals surface area contributed by atoms with E-state index >= 15 is 0 Å². The molecule has 1 saturated carbocycles. The number of fused-ring (bicyclic) bond motifs is 1. The SMILES string of the molecule is [2H][C@](Nc1cc(Cl)c2ncc(C#N)c(NCC(C)(C)C)c2c1)(c1cn(C2CC2)nn1)c1cccc(C#N)c1Cl. The molecular weight excluding hydrogens is 519 g/mol. The van der Waals surface area contributed by atoms with Gasteiger partial charge in [0, 0.05) is 29.4 Å². The normalized spacial score (nSPS) is 15.3. The lowest BCUT2D eigenvalue weighted by Crippen LogP contribution is -2.20. The van der Waals surface area contributed by atoms with Crippen molar-refractivity contribution in [3.05, 3.63) is 75.2 Å². The summed E-state index contributed by atoms with van der Waals surface area (Å²) in [6, 6.07) is 11.3. The summed E-state index contributed by atoms with van der Waals surface area (Å²) in [4.78, 5) is 4.43. The monoisotopic (exact) mass is 545 g/mol. The molecule has 0 aliphatic heterocycles. The predicted octanol–water partition coefficient (Wildman–Crippen LogP) is 6.87. The van der Waals surface area contributed by atoms with Crippen LogP contribution < -0.4 is 10.6 Å². The zero-order chi connectivity index (χ0) is 27.9. The van der Waals surface area contributed by atoms with E-state index in [0.29, 0.717) is 50.7 Å². The first kappa shape index (κ1) is 24.5. The number of rotatable bonds is 7. The van der Waals surface area contributed by atoms with E-state index in [0.717, 1.165) is 12.8 Å². The summed E-state index contributed by atoms with van der Waals surface area (Å²) >= 11 is 13.3. The van der Waals surface area contributed by atoms with Gasteiger partial charge in [-0.05, 0) is 36.5 Å². The number of pyridine rings is 1. The summed E-state index contributed by atoms with van der Waals surface area (Å²) in [6.45, 7) is 6.90. The van der Waals surface area contributed by atoms with E-state index in [2.05, 4.69) is 58.8 Å². The molecule has 2 aromatic heterocycles. The van der Waals surface area contributed by atoms with Gasteiger partial charge < -0.3 is 10.6 Å². The van der Waals surface area contributed by atoms with Gasteiger partial charge in [-0.3, -0.25) is 4.98 Å². The molecule has 1 aliphatic rings. The number of aromatic nitrogens is 4. The molecule has 2 N–H and O–H groups in total. The molecule has 0 bridgehead atoms. The van der Waals surface area contributed by atoms with Crippen molar-refractivity contribution < 1.29 is 1.37 Å². The molecule has 0 saturated heterocycles. The summed E-state index contributed by atoms with van der Waals surface area (Å²) in [5.74, 6) is 0. The van der Waals surface area contributed by atoms with Gasteiger partial charge in [0.15, 0.2) is 0 Å². The molecule has 10 heteroatoms. The van der Waals surface area contributed by atoms with Gasteiger partial charge >= 0.3 is 0 Å². The van der Waals surface area contributed by atoms with Crippen molar-refractivity contribution >= 4 is 45.5 Å². The summed E-state index contributed by atoms with van der Waals surface area (Å²) in [5.41, 5.74) is 2.87. The number of halogens is 2. The minimum absolute atomic E-state index is 0.0474. The molecule has 2 heterocycles. The van der Waals surface area contributed by atoms with Gasteiger partial charge in [0.25, 0.3) is 0 Å². The van der Waals surface area contributed by atoms with E-state index in [9.17, 15) is 11.9 Å². The third-order valence-corrected chi connectivity index (χ3v) is 6.88. The van der Waals surface area contributed by atoms with Crippen molar-refractivity contribution in [2.45, 2.75) is 45.7 Å². The van der Waals surface area contributed by atoms with Gasteiger partial charge in [-0.25, -0.2) is 4.68 Å². The van der Waals surface area contributed by atoms with E-state index in [1.807, 2.05) is 0 Å². The third-order valence-electron chi connectivity index (χ3n) is 6.19. The van der Waals surface area contributed by atoms with Crippen LogP contribution in [0.15, 0.2) is 42.7 Å². The van der Waals surface area contributed by atoms with Crippen molar-refractivity contribution in [2.24, 2.45) is 5.41 Å². The van der Waals surface area contributed by atoms with Crippen molar-refractivity contribution in [2.75, 3.05) is 17.2 Å². The van der Waals surface area contributed by atoms with Crippen molar-refractivity contribution in [3.8, 4) is 12.1 Å². The van der Waals surface area contributed by atoms with E-state index in [-0.39, 0.29) is 22.0 Å². The second-order valence-electron chi connectivity index (χ2n) is 10.5. The maximum absolute atomic E-state index is 9.79. The van der Waals surface area contributed by atoms with E-state index in [1.165, 1.54) is 6.20 Å². The molecule has 1 aliphatic carbocycles. The smallest absolute Gasteiger partial charge is 0.110 e. The first-order chi connectivity index (χ1) is 18.5. The molecule has 1 atom stereocenters. The predicted molar refractivity (Wildman–Crippen MR) is 149 cm³/mol. The standard InChI is InChI=1S/C28H26Cl2N8/c1-28(2,3)15-34-25-17(12-32)13-33-26-21(25)9-18(10-22(26)29)35-27(20-6-4-5-16(11-31)24(20)30)23-14-38(37-36-23)19-7-8-19/h4-6,9-10,13-14,19,27,35H,7-8,15H2,1-3H3,(H,33,34)/t27-/m1/s1/i27D. The maximum Gasteiger partial charge on any atom is 0.110 e. The van der Waals surface area contributed by atoms with Crippen molar-refractivity contribution in [1.82, 2.24) is 20.0 Å². The largest absolute Gasteiger partial charge is 0.383 e. The van der Waals surface area contributed by atoms with Crippen LogP contribution in [0.5, 0.6) is 0 Å². The first-order valence-corrected chi connectivity index (χ1v) is 13.0. The highest BCUT2D eigenvalue weighted by Gasteiger charge is 2.28. The van der Waals surface area contributed by atoms with Crippen LogP contribution in [0.1, 0.15) is 69.4 Å². The highest BCUT2D eigenvalue weighted by molar-refractivity contribution is 6.36. The number of nitrogens with zero attached hydrogens (tertiary/aromatic N) is 6. The minimum atomic E-state index is -1.71. The fourth-order valence-electron chi connectivity index (χ4n) is 4.09. The van der Waals surface area contributed by atoms with E-state index < -0.39 is 6.02 Å². The zero-order valence-corrected chi connectivity index (χ0v) is 22.7. The second-order valence-corrected chi connectivity index (χ2v) is 11.3. The Kier molecular flexibility index (Phi) is 6.53. The molecule has 0 spiro atoms. The van der Waals surface area contributed by atoms with Crippen LogP contribution >= 0.6 is 23.2 Å². The fraction of sp³-hybridized carbons (Fsp3) is 0.321. The Hall–Kier alpha value is -3.85. The lowest BCUT2D eigenvalue weighted by molar-refractivity contribution is 0.443. The van der Waals surface area contributed by atoms with Crippen molar-refractivity contribution in [3.63, 3.8) is 0 Å². The number of benzene rings is 2. The van der Waals surface area contributed by atoms with Gasteiger partial charge in [0.05, 0.1) is 52.0 Å². The van der Waals surface area contributed by atoms with Gasteiger partial charge in [-0.15, -0.1) is 5.10 Å². The average molecular weight is 546 g/mol. The molecule has 38 heavy (non-hydrogen) atoms. The lowest BCUT2D eigenvalue weighted by Gasteiger charge is -2.23. The molecule has 1 fully saturated rings. The molecule has 0 unspecified atom stereocenters. The van der Waals surface area contributed by atoms with E-state index in [1.54, 1.807) is 41.2 Å². The Morgan fingerprint density at radius 1 is 1.18 bits per heavy atom. The second kappa shape index (κ2) is 10.1. The highest BCUT2D eigenvalue weighted by atomic mass is 35.5. The Balaban J connectivity index is 1.67. The quantitative estimate of drug-likeness (QED) is 0.260. The number of hydrogen-bond donors (Lipinski definition) is 2. The van der Waals surface area contributed by atoms with Crippen LogP contribution in [0.4, 0.5) is 11.4 Å². The van der Waals surface area contributed by atoms with Crippen LogP contribution in [0.25, 0.3) is 10.9 Å². The van der Waals surface area contributed by atoms with Gasteiger partial charge in [-0.1, -0.05) is 61.3 Å². The molecule has 192 valence electrons. The van der Waals surface area contributed by atoms with Crippen LogP contribution in [-0.2, 0) is 0 Å². The Labute approximate surface area is 232 Å². The first-order valence-electron chi connectivity index (χ1n) is 12.7. The van der Waals surface area contributed by atoms with Crippen LogP contribution in [0.2, 0.25) is 10.0 Å². The van der Waals surface area contributed by atoms with Gasteiger partial charge in [-0.2, -0.15) is 10.5 Å². The average Bonchev–Trinajstić information content (AvgIpc) is 3.62. The lowest BCUT2D eigenvalue weighted by atomic mass is 9.96. The Morgan fingerprint density at radius 2 is 1.95 bits per heavy atom. The summed E-state index contributed by atoms with van der Waals surface area (Å²) < 4.78 is 11.4. The molecule has 5 rings (SSSR count). The van der Waals surface area contributed by atoms with Crippen molar-refractivity contribution in [1.29, 1.82) is 10.5 Å². The highest BCUT2D eigenvalue weighted by Crippen LogP contribution is 2.39. The van der Waals surface area contributed by atoms with Gasteiger partial charge in [0.2, 0.25) is 0 Å². The number of nitriles is 2. The number of nitrogens with one attached hydrogen (secondary N) is 2. The van der Waals surface area contributed by atoms with Crippen LogP contribution in [-0.4, -0.2) is 26.5 Å². The van der Waals surface area contributed by atoms with Crippen LogP contribution in [0, 0.1) is 28.1 Å². The topological polar surface area (TPSA) is 115 Å². The Morgan fingerprint density at radius 3 is 2.63 bits per heavy atom. The van der Waals surface area contributed by atoms with E-state index in [4.69, 9.17) is 23.2 Å². The molecule has 2 aromatic carbocycles. The third kappa shape index (κ3) is 5.24. The molecule has 0 radical (unpaired) electrons. The zero-order valence-electron chi connectivity index (χ0n) is 22.2. The molecule has 4 aromatic rings. The van der Waals surface area contributed by atoms with Gasteiger partial charge in [0.1, 0.15) is 17.8 Å². The summed E-state index contributed by atoms with van der Waals surface area (Å²) in [6.07, 6.45) is 5.25. The summed E-state index contributed by atoms with van der Waals surface area (Å²) in [7, 11) is 0. The molecular formula is C28H26Cl2N8. The summed E-state index contributed by atoms with van der Waals surface area (Å²) in [5, 5.41) is 35.7. The Bertz CT molecular complexity index is 1660. The fourth-order valence-corrected chi connectivity index (χ4v) is 4.63. The maximum atomic E-state index is 9.79. The number of anilines is 2.